The molecule has 0 unspecified atom stereocenters. The summed E-state index contributed by atoms with van der Waals surface area (Å²) < 4.78 is 1.54. The lowest BCUT2D eigenvalue weighted by Gasteiger charge is -2.06. The number of nitro groups is 1. The van der Waals surface area contributed by atoms with Gasteiger partial charge in [0.25, 0.3) is 11.6 Å². The molecule has 2 N–H and O–H groups in total. The molecule has 1 aliphatic carbocycles. The molecule has 18 heavy (non-hydrogen) atoms. The monoisotopic (exact) mass is 253 g/mol. The van der Waals surface area contributed by atoms with Gasteiger partial charge in [0.15, 0.2) is 0 Å². The van der Waals surface area contributed by atoms with Crippen LogP contribution in [0.25, 0.3) is 0 Å². The van der Waals surface area contributed by atoms with Crippen molar-refractivity contribution in [1.82, 2.24) is 9.88 Å². The van der Waals surface area contributed by atoms with Crippen LogP contribution in [0.4, 0.5) is 5.69 Å². The molecule has 0 spiro atoms. The van der Waals surface area contributed by atoms with Gasteiger partial charge in [0, 0.05) is 12.1 Å². The zero-order chi connectivity index (χ0) is 13.3. The van der Waals surface area contributed by atoms with Crippen LogP contribution in [0, 0.1) is 10.1 Å². The molecule has 1 aromatic rings. The maximum atomic E-state index is 11.7. The Bertz CT molecular complexity index is 518. The SMILES string of the molecule is O=C(O)CNC(=O)c1cc([N+](=O)[O-])cn1C1CC1. The van der Waals surface area contributed by atoms with Crippen LogP contribution in [0.3, 0.4) is 0 Å². The minimum atomic E-state index is -1.16. The number of carboxylic acids is 1. The molecule has 0 saturated heterocycles. The number of rotatable bonds is 5. The van der Waals surface area contributed by atoms with Crippen LogP contribution in [0.5, 0.6) is 0 Å². The molecule has 8 nitrogen and oxygen atoms in total. The first-order valence-corrected chi connectivity index (χ1v) is 5.35. The number of nitrogens with one attached hydrogen (secondary N) is 1. The Morgan fingerprint density at radius 3 is 2.72 bits per heavy atom. The molecule has 0 aliphatic heterocycles. The third-order valence-corrected chi connectivity index (χ3v) is 2.62. The number of carboxylic acid groups (broad SMARTS) is 1. The lowest BCUT2D eigenvalue weighted by Crippen LogP contribution is -2.30. The summed E-state index contributed by atoms with van der Waals surface area (Å²) in [6.07, 6.45) is 3.05. The smallest absolute Gasteiger partial charge is 0.322 e. The maximum absolute atomic E-state index is 11.7. The number of carbonyl (C=O) groups is 2. The first-order chi connectivity index (χ1) is 8.49. The summed E-state index contributed by atoms with van der Waals surface area (Å²) in [5.41, 5.74) is -0.0344. The van der Waals surface area contributed by atoms with Gasteiger partial charge in [-0.2, -0.15) is 0 Å². The number of amides is 1. The fourth-order valence-corrected chi connectivity index (χ4v) is 1.65. The van der Waals surface area contributed by atoms with Crippen molar-refractivity contribution in [2.24, 2.45) is 0 Å². The average molecular weight is 253 g/mol. The molecule has 0 atom stereocenters. The van der Waals surface area contributed by atoms with E-state index < -0.39 is 23.3 Å². The quantitative estimate of drug-likeness (QED) is 0.587. The summed E-state index contributed by atoms with van der Waals surface area (Å²) in [5.74, 6) is -1.78. The Labute approximate surface area is 101 Å². The van der Waals surface area contributed by atoms with E-state index in [1.165, 1.54) is 10.8 Å². The van der Waals surface area contributed by atoms with Gasteiger partial charge in [-0.15, -0.1) is 0 Å². The van der Waals surface area contributed by atoms with Crippen LogP contribution in [0.15, 0.2) is 12.3 Å². The van der Waals surface area contributed by atoms with Crippen LogP contribution >= 0.6 is 0 Å². The highest BCUT2D eigenvalue weighted by Gasteiger charge is 2.30. The normalized spacial score (nSPS) is 14.2. The number of hydrogen-bond acceptors (Lipinski definition) is 4. The molecule has 1 fully saturated rings. The zero-order valence-electron chi connectivity index (χ0n) is 9.33. The summed E-state index contributed by atoms with van der Waals surface area (Å²) in [6, 6.07) is 1.26. The summed E-state index contributed by atoms with van der Waals surface area (Å²) in [6.45, 7) is -0.511. The highest BCUT2D eigenvalue weighted by atomic mass is 16.6. The third kappa shape index (κ3) is 2.47. The molecule has 1 saturated carbocycles. The first-order valence-electron chi connectivity index (χ1n) is 5.35. The van der Waals surface area contributed by atoms with Gasteiger partial charge < -0.3 is 15.0 Å². The minimum absolute atomic E-state index is 0.101. The zero-order valence-corrected chi connectivity index (χ0v) is 9.33. The number of aromatic nitrogens is 1. The lowest BCUT2D eigenvalue weighted by molar-refractivity contribution is -0.384. The number of nitrogens with zero attached hydrogens (tertiary/aromatic N) is 2. The molecule has 96 valence electrons. The maximum Gasteiger partial charge on any atom is 0.322 e. The van der Waals surface area contributed by atoms with E-state index in [0.29, 0.717) is 0 Å². The van der Waals surface area contributed by atoms with Gasteiger partial charge in [-0.05, 0) is 12.8 Å². The van der Waals surface area contributed by atoms with Crippen molar-refractivity contribution < 1.29 is 19.6 Å². The van der Waals surface area contributed by atoms with Crippen molar-refractivity contribution in [2.45, 2.75) is 18.9 Å². The van der Waals surface area contributed by atoms with Gasteiger partial charge in [0.05, 0.1) is 11.1 Å². The second-order valence-electron chi connectivity index (χ2n) is 4.06. The van der Waals surface area contributed by atoms with Crippen LogP contribution < -0.4 is 5.32 Å². The van der Waals surface area contributed by atoms with Gasteiger partial charge in [0.2, 0.25) is 0 Å². The van der Waals surface area contributed by atoms with E-state index >= 15 is 0 Å². The second kappa shape index (κ2) is 4.47. The van der Waals surface area contributed by atoms with Gasteiger partial charge in [-0.25, -0.2) is 0 Å². The van der Waals surface area contributed by atoms with Crippen LogP contribution in [0.1, 0.15) is 29.4 Å². The summed E-state index contributed by atoms with van der Waals surface area (Å²) in [5, 5.41) is 21.3. The molecular weight excluding hydrogens is 242 g/mol. The molecule has 1 amide bonds. The molecule has 2 rings (SSSR count). The van der Waals surface area contributed by atoms with Gasteiger partial charge >= 0.3 is 5.97 Å². The molecule has 1 aliphatic rings. The summed E-state index contributed by atoms with van der Waals surface area (Å²) >= 11 is 0. The first kappa shape index (κ1) is 12.1. The molecule has 0 bridgehead atoms. The van der Waals surface area contributed by atoms with Crippen LogP contribution in [-0.4, -0.2) is 33.0 Å². The van der Waals surface area contributed by atoms with E-state index in [1.807, 2.05) is 0 Å². The average Bonchev–Trinajstić information content (AvgIpc) is 3.04. The van der Waals surface area contributed by atoms with E-state index in [-0.39, 0.29) is 17.4 Å². The third-order valence-electron chi connectivity index (χ3n) is 2.62. The fraction of sp³-hybridized carbons (Fsp3) is 0.400. The number of carbonyl (C=O) groups excluding carboxylic acids is 1. The lowest BCUT2D eigenvalue weighted by atomic mass is 10.3. The van der Waals surface area contributed by atoms with E-state index in [1.54, 1.807) is 0 Å². The van der Waals surface area contributed by atoms with Gasteiger partial charge in [0.1, 0.15) is 12.2 Å². The standard InChI is InChI=1S/C10H11N3O5/c14-9(15)4-11-10(16)8-3-7(13(17)18)5-12(8)6-1-2-6/h3,5-6H,1-2,4H2,(H,11,16)(H,14,15). The van der Waals surface area contributed by atoms with E-state index in [4.69, 9.17) is 5.11 Å². The second-order valence-corrected chi connectivity index (χ2v) is 4.06. The highest BCUT2D eigenvalue weighted by molar-refractivity contribution is 5.95. The number of aliphatic carboxylic acids is 1. The minimum Gasteiger partial charge on any atom is -0.480 e. The molecule has 0 aromatic carbocycles. The summed E-state index contributed by atoms with van der Waals surface area (Å²) in [7, 11) is 0. The predicted molar refractivity (Wildman–Crippen MR) is 59.3 cm³/mol. The Morgan fingerprint density at radius 1 is 1.56 bits per heavy atom. The molecule has 8 heteroatoms. The van der Waals surface area contributed by atoms with Crippen molar-refractivity contribution in [3.63, 3.8) is 0 Å². The van der Waals surface area contributed by atoms with Crippen molar-refractivity contribution >= 4 is 17.6 Å². The van der Waals surface area contributed by atoms with Crippen LogP contribution in [0.2, 0.25) is 0 Å². The Hall–Kier alpha value is -2.38. The molecular formula is C10H11N3O5. The van der Waals surface area contributed by atoms with E-state index in [0.717, 1.165) is 18.9 Å². The van der Waals surface area contributed by atoms with Crippen molar-refractivity contribution in [2.75, 3.05) is 6.54 Å². The van der Waals surface area contributed by atoms with E-state index in [9.17, 15) is 19.7 Å². The Morgan fingerprint density at radius 2 is 2.22 bits per heavy atom. The Kier molecular flexibility index (Phi) is 3.00. The largest absolute Gasteiger partial charge is 0.480 e. The predicted octanol–water partition coefficient (Wildman–Crippen LogP) is 0.546. The van der Waals surface area contributed by atoms with E-state index in [2.05, 4.69) is 5.32 Å². The Balaban J connectivity index is 2.22. The van der Waals surface area contributed by atoms with Gasteiger partial charge in [-0.1, -0.05) is 0 Å². The highest BCUT2D eigenvalue weighted by Crippen LogP contribution is 2.37. The van der Waals surface area contributed by atoms with Crippen LogP contribution in [-0.2, 0) is 4.79 Å². The van der Waals surface area contributed by atoms with Crippen molar-refractivity contribution in [3.8, 4) is 0 Å². The summed E-state index contributed by atoms with van der Waals surface area (Å²) in [4.78, 5) is 32.2. The fourth-order valence-electron chi connectivity index (χ4n) is 1.65. The molecule has 1 aromatic heterocycles. The van der Waals surface area contributed by atoms with Crippen molar-refractivity contribution in [3.05, 3.63) is 28.1 Å². The van der Waals surface area contributed by atoms with Crippen molar-refractivity contribution in [1.29, 1.82) is 0 Å². The molecule has 0 radical (unpaired) electrons. The van der Waals surface area contributed by atoms with Gasteiger partial charge in [-0.3, -0.25) is 19.7 Å². The topological polar surface area (TPSA) is 114 Å². The number of hydrogen-bond donors (Lipinski definition) is 2. The molecule has 1 heterocycles.